The maximum Gasteiger partial charge on any atom is 0.314 e. The van der Waals surface area contributed by atoms with Gasteiger partial charge in [0.05, 0.1) is 11.9 Å². The van der Waals surface area contributed by atoms with Gasteiger partial charge in [0.15, 0.2) is 0 Å². The van der Waals surface area contributed by atoms with Crippen molar-refractivity contribution in [1.29, 1.82) is 0 Å². The molecule has 0 atom stereocenters. The SMILES string of the molecule is O=C(Nc1ccc(Oc2ccccc2)cc1)C(=O)Nc1cccnc1. The average molecular weight is 333 g/mol. The Morgan fingerprint density at radius 2 is 1.36 bits per heavy atom. The molecule has 0 aliphatic carbocycles. The second kappa shape index (κ2) is 7.74. The van der Waals surface area contributed by atoms with Gasteiger partial charge in [-0.25, -0.2) is 0 Å². The minimum Gasteiger partial charge on any atom is -0.457 e. The quantitative estimate of drug-likeness (QED) is 0.717. The number of benzene rings is 2. The first-order chi connectivity index (χ1) is 12.2. The van der Waals surface area contributed by atoms with Gasteiger partial charge >= 0.3 is 11.8 Å². The van der Waals surface area contributed by atoms with Crippen LogP contribution in [0.15, 0.2) is 79.1 Å². The maximum atomic E-state index is 11.9. The van der Waals surface area contributed by atoms with E-state index in [2.05, 4.69) is 15.6 Å². The van der Waals surface area contributed by atoms with Crippen LogP contribution in [0, 0.1) is 0 Å². The normalized spacial score (nSPS) is 9.92. The molecule has 124 valence electrons. The minimum absolute atomic E-state index is 0.453. The molecule has 25 heavy (non-hydrogen) atoms. The third kappa shape index (κ3) is 4.65. The van der Waals surface area contributed by atoms with Crippen molar-refractivity contribution in [2.24, 2.45) is 0 Å². The van der Waals surface area contributed by atoms with Gasteiger partial charge in [0, 0.05) is 11.9 Å². The number of carbonyl (C=O) groups is 2. The first-order valence-corrected chi connectivity index (χ1v) is 7.56. The molecule has 6 nitrogen and oxygen atoms in total. The fourth-order valence-corrected chi connectivity index (χ4v) is 2.04. The molecule has 3 aromatic rings. The van der Waals surface area contributed by atoms with Crippen molar-refractivity contribution in [2.45, 2.75) is 0 Å². The van der Waals surface area contributed by atoms with Crippen LogP contribution in [0.25, 0.3) is 0 Å². The highest BCUT2D eigenvalue weighted by molar-refractivity contribution is 6.43. The molecule has 0 radical (unpaired) electrons. The zero-order chi connectivity index (χ0) is 17.5. The van der Waals surface area contributed by atoms with Gasteiger partial charge in [-0.2, -0.15) is 0 Å². The van der Waals surface area contributed by atoms with Gasteiger partial charge < -0.3 is 15.4 Å². The highest BCUT2D eigenvalue weighted by atomic mass is 16.5. The van der Waals surface area contributed by atoms with Crippen molar-refractivity contribution < 1.29 is 14.3 Å². The van der Waals surface area contributed by atoms with Crippen LogP contribution in [0.1, 0.15) is 0 Å². The molecule has 0 saturated carbocycles. The predicted molar refractivity (Wildman–Crippen MR) is 94.5 cm³/mol. The van der Waals surface area contributed by atoms with Gasteiger partial charge in [0.1, 0.15) is 11.5 Å². The van der Waals surface area contributed by atoms with Crippen LogP contribution in [-0.4, -0.2) is 16.8 Å². The number of hydrogen-bond donors (Lipinski definition) is 2. The average Bonchev–Trinajstić information content (AvgIpc) is 2.65. The van der Waals surface area contributed by atoms with E-state index in [1.807, 2.05) is 30.3 Å². The van der Waals surface area contributed by atoms with Crippen LogP contribution in [-0.2, 0) is 9.59 Å². The van der Waals surface area contributed by atoms with E-state index in [0.717, 1.165) is 5.75 Å². The topological polar surface area (TPSA) is 80.3 Å². The predicted octanol–water partition coefficient (Wildman–Crippen LogP) is 3.45. The van der Waals surface area contributed by atoms with Crippen molar-refractivity contribution >= 4 is 23.2 Å². The number of para-hydroxylation sites is 1. The Bertz CT molecular complexity index is 850. The number of hydrogen-bond acceptors (Lipinski definition) is 4. The smallest absolute Gasteiger partial charge is 0.314 e. The van der Waals surface area contributed by atoms with Crippen LogP contribution < -0.4 is 15.4 Å². The number of carbonyl (C=O) groups excluding carboxylic acids is 2. The summed E-state index contributed by atoms with van der Waals surface area (Å²) in [6, 6.07) is 19.4. The van der Waals surface area contributed by atoms with Gasteiger partial charge in [-0.3, -0.25) is 14.6 Å². The number of ether oxygens (including phenoxy) is 1. The Morgan fingerprint density at radius 3 is 2.00 bits per heavy atom. The summed E-state index contributed by atoms with van der Waals surface area (Å²) in [6.07, 6.45) is 3.04. The molecule has 0 aliphatic rings. The largest absolute Gasteiger partial charge is 0.457 e. The number of nitrogens with zero attached hydrogens (tertiary/aromatic N) is 1. The Balaban J connectivity index is 1.57. The third-order valence-electron chi connectivity index (χ3n) is 3.22. The standard InChI is InChI=1S/C19H15N3O3/c23-18(19(24)22-15-5-4-12-20-13-15)21-14-8-10-17(11-9-14)25-16-6-2-1-3-7-16/h1-13H,(H,21,23)(H,22,24). The molecule has 2 aromatic carbocycles. The summed E-state index contributed by atoms with van der Waals surface area (Å²) in [7, 11) is 0. The van der Waals surface area contributed by atoms with Crippen LogP contribution >= 0.6 is 0 Å². The lowest BCUT2D eigenvalue weighted by Crippen LogP contribution is -2.29. The highest BCUT2D eigenvalue weighted by Gasteiger charge is 2.14. The summed E-state index contributed by atoms with van der Waals surface area (Å²) < 4.78 is 5.67. The zero-order valence-corrected chi connectivity index (χ0v) is 13.2. The molecule has 0 fully saturated rings. The van der Waals surface area contributed by atoms with Gasteiger partial charge in [-0.05, 0) is 48.5 Å². The molecule has 2 amide bonds. The highest BCUT2D eigenvalue weighted by Crippen LogP contribution is 2.22. The minimum atomic E-state index is -0.766. The molecule has 0 unspecified atom stereocenters. The molecule has 3 rings (SSSR count). The fraction of sp³-hybridized carbons (Fsp3) is 0. The van der Waals surface area contributed by atoms with Crippen molar-refractivity contribution in [3.05, 3.63) is 79.1 Å². The zero-order valence-electron chi connectivity index (χ0n) is 13.2. The van der Waals surface area contributed by atoms with Crippen LogP contribution in [0.3, 0.4) is 0 Å². The van der Waals surface area contributed by atoms with Gasteiger partial charge in [-0.1, -0.05) is 18.2 Å². The second-order valence-corrected chi connectivity index (χ2v) is 5.09. The molecular weight excluding hydrogens is 318 g/mol. The van der Waals surface area contributed by atoms with Crippen molar-refractivity contribution in [3.63, 3.8) is 0 Å². The summed E-state index contributed by atoms with van der Waals surface area (Å²) in [5.41, 5.74) is 0.945. The lowest BCUT2D eigenvalue weighted by Gasteiger charge is -2.08. The van der Waals surface area contributed by atoms with E-state index in [4.69, 9.17) is 4.74 Å². The van der Waals surface area contributed by atoms with Crippen LogP contribution in [0.2, 0.25) is 0 Å². The monoisotopic (exact) mass is 333 g/mol. The molecular formula is C19H15N3O3. The number of aromatic nitrogens is 1. The number of rotatable bonds is 4. The van der Waals surface area contributed by atoms with Crippen molar-refractivity contribution in [2.75, 3.05) is 10.6 Å². The van der Waals surface area contributed by atoms with Gasteiger partial charge in [0.25, 0.3) is 0 Å². The van der Waals surface area contributed by atoms with E-state index in [1.165, 1.54) is 6.20 Å². The summed E-state index contributed by atoms with van der Waals surface area (Å²) in [5, 5.41) is 4.99. The van der Waals surface area contributed by atoms with Crippen LogP contribution in [0.4, 0.5) is 11.4 Å². The Kier molecular flexibility index (Phi) is 5.01. The van der Waals surface area contributed by atoms with E-state index in [0.29, 0.717) is 17.1 Å². The molecule has 6 heteroatoms. The Morgan fingerprint density at radius 1 is 0.720 bits per heavy atom. The van der Waals surface area contributed by atoms with E-state index >= 15 is 0 Å². The molecule has 2 N–H and O–H groups in total. The van der Waals surface area contributed by atoms with Gasteiger partial charge in [0.2, 0.25) is 0 Å². The fourth-order valence-electron chi connectivity index (χ4n) is 2.04. The summed E-state index contributed by atoms with van der Waals surface area (Å²) in [4.78, 5) is 27.6. The lowest BCUT2D eigenvalue weighted by molar-refractivity contribution is -0.133. The van der Waals surface area contributed by atoms with E-state index in [-0.39, 0.29) is 0 Å². The number of nitrogens with one attached hydrogen (secondary N) is 2. The summed E-state index contributed by atoms with van der Waals surface area (Å²) in [6.45, 7) is 0. The van der Waals surface area contributed by atoms with Crippen LogP contribution in [0.5, 0.6) is 11.5 Å². The Hall–Kier alpha value is -3.67. The van der Waals surface area contributed by atoms with Crippen molar-refractivity contribution in [3.8, 4) is 11.5 Å². The first-order valence-electron chi connectivity index (χ1n) is 7.56. The molecule has 0 bridgehead atoms. The number of amides is 2. The second-order valence-electron chi connectivity index (χ2n) is 5.09. The lowest BCUT2D eigenvalue weighted by atomic mass is 10.3. The molecule has 1 aromatic heterocycles. The molecule has 0 saturated heterocycles. The molecule has 0 spiro atoms. The van der Waals surface area contributed by atoms with E-state index in [9.17, 15) is 9.59 Å². The van der Waals surface area contributed by atoms with E-state index in [1.54, 1.807) is 42.6 Å². The summed E-state index contributed by atoms with van der Waals surface area (Å²) >= 11 is 0. The molecule has 0 aliphatic heterocycles. The summed E-state index contributed by atoms with van der Waals surface area (Å²) in [5.74, 6) is -0.183. The Labute approximate surface area is 144 Å². The van der Waals surface area contributed by atoms with Crippen molar-refractivity contribution in [1.82, 2.24) is 4.98 Å². The maximum absolute atomic E-state index is 11.9. The first kappa shape index (κ1) is 16.2. The third-order valence-corrected chi connectivity index (χ3v) is 3.22. The molecule has 1 heterocycles. The number of anilines is 2. The number of pyridine rings is 1. The van der Waals surface area contributed by atoms with Gasteiger partial charge in [-0.15, -0.1) is 0 Å². The van der Waals surface area contributed by atoms with E-state index < -0.39 is 11.8 Å².